The summed E-state index contributed by atoms with van der Waals surface area (Å²) in [6, 6.07) is 7.16. The van der Waals surface area contributed by atoms with E-state index in [0.29, 0.717) is 6.42 Å². The molecular formula is C15H23NO3. The number of esters is 1. The van der Waals surface area contributed by atoms with Gasteiger partial charge in [-0.1, -0.05) is 12.1 Å². The lowest BCUT2D eigenvalue weighted by atomic mass is 10.1. The van der Waals surface area contributed by atoms with Crippen LogP contribution in [0.25, 0.3) is 0 Å². The third-order valence-corrected chi connectivity index (χ3v) is 2.61. The highest BCUT2D eigenvalue weighted by molar-refractivity contribution is 5.75. The van der Waals surface area contributed by atoms with Crippen LogP contribution >= 0.6 is 0 Å². The molecule has 4 heteroatoms. The van der Waals surface area contributed by atoms with Gasteiger partial charge in [0, 0.05) is 0 Å². The molecule has 0 aliphatic rings. The first kappa shape index (κ1) is 15.5. The molecule has 0 heterocycles. The van der Waals surface area contributed by atoms with Crippen molar-refractivity contribution in [3.63, 3.8) is 0 Å². The number of benzene rings is 1. The molecule has 0 spiro atoms. The molecule has 0 amide bonds. The number of ether oxygens (including phenoxy) is 2. The second kappa shape index (κ2) is 6.57. The normalized spacial score (nSPS) is 12.9. The number of methoxy groups -OCH3 is 1. The molecule has 0 saturated heterocycles. The fraction of sp³-hybridized carbons (Fsp3) is 0.533. The summed E-state index contributed by atoms with van der Waals surface area (Å²) in [5.74, 6) is 0.473. The first-order valence-electron chi connectivity index (χ1n) is 6.43. The molecule has 1 aromatic carbocycles. The van der Waals surface area contributed by atoms with E-state index in [1.165, 1.54) is 0 Å². The monoisotopic (exact) mass is 265 g/mol. The summed E-state index contributed by atoms with van der Waals surface area (Å²) in [6.07, 6.45) is 1.31. The maximum absolute atomic E-state index is 11.7. The van der Waals surface area contributed by atoms with E-state index in [2.05, 4.69) is 0 Å². The zero-order valence-corrected chi connectivity index (χ0v) is 12.1. The minimum atomic E-state index is -0.582. The molecule has 0 aliphatic heterocycles. The Kier molecular flexibility index (Phi) is 5.36. The summed E-state index contributed by atoms with van der Waals surface area (Å²) in [7, 11) is 1.63. The van der Waals surface area contributed by atoms with Gasteiger partial charge in [0.1, 0.15) is 17.4 Å². The first-order valence-corrected chi connectivity index (χ1v) is 6.43. The third kappa shape index (κ3) is 5.75. The summed E-state index contributed by atoms with van der Waals surface area (Å²) in [5.41, 5.74) is 6.46. The van der Waals surface area contributed by atoms with Crippen LogP contribution in [0.5, 0.6) is 5.75 Å². The molecule has 1 rings (SSSR count). The Morgan fingerprint density at radius 2 is 1.84 bits per heavy atom. The Hall–Kier alpha value is -1.55. The van der Waals surface area contributed by atoms with E-state index in [9.17, 15) is 4.79 Å². The standard InChI is InChI=1S/C15H23NO3/c1-15(2,3)19-14(17)13(16)10-7-11-5-8-12(18-4)9-6-11/h5-6,8-9,13H,7,10,16H2,1-4H3. The van der Waals surface area contributed by atoms with Gasteiger partial charge < -0.3 is 15.2 Å². The van der Waals surface area contributed by atoms with Crippen molar-refractivity contribution in [2.24, 2.45) is 5.73 Å². The molecule has 106 valence electrons. The van der Waals surface area contributed by atoms with Crippen molar-refractivity contribution in [2.45, 2.75) is 45.3 Å². The highest BCUT2D eigenvalue weighted by Crippen LogP contribution is 2.14. The largest absolute Gasteiger partial charge is 0.497 e. The summed E-state index contributed by atoms with van der Waals surface area (Å²) in [6.45, 7) is 5.50. The van der Waals surface area contributed by atoms with Gasteiger partial charge in [0.05, 0.1) is 7.11 Å². The molecule has 0 saturated carbocycles. The molecule has 1 unspecified atom stereocenters. The van der Waals surface area contributed by atoms with Gasteiger partial charge in [-0.2, -0.15) is 0 Å². The molecule has 1 aromatic rings. The van der Waals surface area contributed by atoms with Crippen molar-refractivity contribution in [1.82, 2.24) is 0 Å². The summed E-state index contributed by atoms with van der Waals surface area (Å²) >= 11 is 0. The van der Waals surface area contributed by atoms with Crippen molar-refractivity contribution in [3.8, 4) is 5.75 Å². The van der Waals surface area contributed by atoms with Gasteiger partial charge in [-0.15, -0.1) is 0 Å². The summed E-state index contributed by atoms with van der Waals surface area (Å²) in [4.78, 5) is 11.7. The van der Waals surface area contributed by atoms with Crippen LogP contribution in [0.1, 0.15) is 32.8 Å². The quantitative estimate of drug-likeness (QED) is 0.830. The van der Waals surface area contributed by atoms with Crippen molar-refractivity contribution in [2.75, 3.05) is 7.11 Å². The molecule has 0 aliphatic carbocycles. The molecule has 0 radical (unpaired) electrons. The molecule has 1 atom stereocenters. The van der Waals surface area contributed by atoms with Crippen LogP contribution in [0.4, 0.5) is 0 Å². The number of hydrogen-bond donors (Lipinski definition) is 1. The SMILES string of the molecule is COc1ccc(CCC(N)C(=O)OC(C)(C)C)cc1. The Labute approximate surface area is 114 Å². The molecule has 0 bridgehead atoms. The van der Waals surface area contributed by atoms with Crippen LogP contribution in [0, 0.1) is 0 Å². The zero-order valence-electron chi connectivity index (χ0n) is 12.1. The second-order valence-corrected chi connectivity index (χ2v) is 5.53. The lowest BCUT2D eigenvalue weighted by molar-refractivity contribution is -0.156. The number of rotatable bonds is 5. The fourth-order valence-electron chi connectivity index (χ4n) is 1.61. The van der Waals surface area contributed by atoms with Gasteiger partial charge in [0.25, 0.3) is 0 Å². The van der Waals surface area contributed by atoms with Crippen molar-refractivity contribution in [1.29, 1.82) is 0 Å². The number of aryl methyl sites for hydroxylation is 1. The predicted octanol–water partition coefficient (Wildman–Crippen LogP) is 2.30. The highest BCUT2D eigenvalue weighted by Gasteiger charge is 2.21. The Balaban J connectivity index is 2.44. The minimum absolute atomic E-state index is 0.346. The van der Waals surface area contributed by atoms with E-state index in [-0.39, 0.29) is 5.97 Å². The molecule has 0 fully saturated rings. The number of hydrogen-bond acceptors (Lipinski definition) is 4. The molecule has 19 heavy (non-hydrogen) atoms. The van der Waals surface area contributed by atoms with E-state index in [0.717, 1.165) is 17.7 Å². The number of carbonyl (C=O) groups excluding carboxylic acids is 1. The van der Waals surface area contributed by atoms with Crippen LogP contribution in [-0.4, -0.2) is 24.7 Å². The Morgan fingerprint density at radius 1 is 1.26 bits per heavy atom. The van der Waals surface area contributed by atoms with Crippen molar-refractivity contribution in [3.05, 3.63) is 29.8 Å². The lowest BCUT2D eigenvalue weighted by Crippen LogP contribution is -2.37. The van der Waals surface area contributed by atoms with Crippen LogP contribution in [0.2, 0.25) is 0 Å². The summed E-state index contributed by atoms with van der Waals surface area (Å²) < 4.78 is 10.3. The Morgan fingerprint density at radius 3 is 2.32 bits per heavy atom. The smallest absolute Gasteiger partial charge is 0.323 e. The van der Waals surface area contributed by atoms with Crippen LogP contribution in [0.15, 0.2) is 24.3 Å². The minimum Gasteiger partial charge on any atom is -0.497 e. The van der Waals surface area contributed by atoms with E-state index in [4.69, 9.17) is 15.2 Å². The average Bonchev–Trinajstić information content (AvgIpc) is 2.34. The van der Waals surface area contributed by atoms with Gasteiger partial charge in [-0.25, -0.2) is 0 Å². The maximum Gasteiger partial charge on any atom is 0.323 e. The van der Waals surface area contributed by atoms with Gasteiger partial charge in [-0.3, -0.25) is 4.79 Å². The fourth-order valence-corrected chi connectivity index (χ4v) is 1.61. The second-order valence-electron chi connectivity index (χ2n) is 5.53. The molecule has 0 aromatic heterocycles. The number of nitrogens with two attached hydrogens (primary N) is 1. The Bertz CT molecular complexity index is 406. The van der Waals surface area contributed by atoms with Gasteiger partial charge in [-0.05, 0) is 51.3 Å². The van der Waals surface area contributed by atoms with Crippen LogP contribution in [0.3, 0.4) is 0 Å². The number of carbonyl (C=O) groups is 1. The van der Waals surface area contributed by atoms with Gasteiger partial charge in [0.2, 0.25) is 0 Å². The highest BCUT2D eigenvalue weighted by atomic mass is 16.6. The van der Waals surface area contributed by atoms with E-state index < -0.39 is 11.6 Å². The third-order valence-electron chi connectivity index (χ3n) is 2.61. The molecule has 4 nitrogen and oxygen atoms in total. The van der Waals surface area contributed by atoms with E-state index in [1.807, 2.05) is 45.0 Å². The van der Waals surface area contributed by atoms with E-state index >= 15 is 0 Å². The topological polar surface area (TPSA) is 61.5 Å². The zero-order chi connectivity index (χ0) is 14.5. The maximum atomic E-state index is 11.7. The molecule has 2 N–H and O–H groups in total. The van der Waals surface area contributed by atoms with Crippen molar-refractivity contribution >= 4 is 5.97 Å². The lowest BCUT2D eigenvalue weighted by Gasteiger charge is -2.22. The molecular weight excluding hydrogens is 242 g/mol. The first-order chi connectivity index (χ1) is 8.81. The summed E-state index contributed by atoms with van der Waals surface area (Å²) in [5, 5.41) is 0. The van der Waals surface area contributed by atoms with Gasteiger partial charge >= 0.3 is 5.97 Å². The average molecular weight is 265 g/mol. The predicted molar refractivity (Wildman–Crippen MR) is 75.1 cm³/mol. The van der Waals surface area contributed by atoms with Crippen molar-refractivity contribution < 1.29 is 14.3 Å². The van der Waals surface area contributed by atoms with Crippen LogP contribution < -0.4 is 10.5 Å². The van der Waals surface area contributed by atoms with E-state index in [1.54, 1.807) is 7.11 Å². The van der Waals surface area contributed by atoms with Gasteiger partial charge in [0.15, 0.2) is 0 Å². The van der Waals surface area contributed by atoms with Crippen LogP contribution in [-0.2, 0) is 16.0 Å².